The number of amides is 1. The molecule has 0 atom stereocenters. The summed E-state index contributed by atoms with van der Waals surface area (Å²) in [7, 11) is 0. The number of hydrogen-bond acceptors (Lipinski definition) is 6. The summed E-state index contributed by atoms with van der Waals surface area (Å²) in [6.07, 6.45) is 6.58. The highest BCUT2D eigenvalue weighted by molar-refractivity contribution is 5.91. The van der Waals surface area contributed by atoms with Crippen LogP contribution in [0.25, 0.3) is 5.82 Å². The maximum absolute atomic E-state index is 11.7. The van der Waals surface area contributed by atoms with E-state index >= 15 is 0 Å². The fourth-order valence-corrected chi connectivity index (χ4v) is 1.69. The fraction of sp³-hybridized carbons (Fsp3) is 0.0714. The molecule has 0 unspecified atom stereocenters. The fourth-order valence-electron chi connectivity index (χ4n) is 1.69. The maximum atomic E-state index is 11.7. The normalized spacial score (nSPS) is 10.2. The van der Waals surface area contributed by atoms with Gasteiger partial charge in [0.2, 0.25) is 5.88 Å². The molecule has 3 aromatic heterocycles. The molecule has 3 rings (SSSR count). The molecule has 3 heterocycles. The Morgan fingerprint density at radius 3 is 2.82 bits per heavy atom. The zero-order valence-electron chi connectivity index (χ0n) is 11.5. The van der Waals surface area contributed by atoms with E-state index < -0.39 is 0 Å². The van der Waals surface area contributed by atoms with Crippen molar-refractivity contribution in [3.8, 4) is 11.7 Å². The zero-order chi connectivity index (χ0) is 15.2. The van der Waals surface area contributed by atoms with Crippen molar-refractivity contribution in [3.05, 3.63) is 55.1 Å². The zero-order valence-corrected chi connectivity index (χ0v) is 11.5. The van der Waals surface area contributed by atoms with Crippen LogP contribution in [0.3, 0.4) is 0 Å². The van der Waals surface area contributed by atoms with Crippen LogP contribution < -0.4 is 10.1 Å². The Morgan fingerprint density at radius 2 is 2.14 bits per heavy atom. The first kappa shape index (κ1) is 13.7. The Morgan fingerprint density at radius 1 is 1.18 bits per heavy atom. The van der Waals surface area contributed by atoms with Gasteiger partial charge in [0.25, 0.3) is 5.91 Å². The van der Waals surface area contributed by atoms with Gasteiger partial charge in [-0.05, 0) is 24.3 Å². The Bertz CT molecular complexity index is 728. The lowest BCUT2D eigenvalue weighted by molar-refractivity contribution is -0.118. The molecule has 0 spiro atoms. The van der Waals surface area contributed by atoms with Gasteiger partial charge in [-0.15, -0.1) is 10.2 Å². The van der Waals surface area contributed by atoms with Gasteiger partial charge >= 0.3 is 0 Å². The maximum Gasteiger partial charge on any atom is 0.262 e. The van der Waals surface area contributed by atoms with E-state index in [1.54, 1.807) is 59.8 Å². The van der Waals surface area contributed by atoms with Crippen molar-refractivity contribution in [2.75, 3.05) is 11.9 Å². The number of carbonyl (C=O) groups excluding carboxylic acids is 1. The molecule has 0 bridgehead atoms. The number of nitrogens with one attached hydrogen (secondary N) is 1. The average molecular weight is 296 g/mol. The van der Waals surface area contributed by atoms with Crippen LogP contribution in [0.15, 0.2) is 55.1 Å². The molecule has 0 aliphatic carbocycles. The van der Waals surface area contributed by atoms with E-state index in [2.05, 4.69) is 25.6 Å². The minimum atomic E-state index is -0.300. The number of aromatic nitrogens is 5. The van der Waals surface area contributed by atoms with Crippen molar-refractivity contribution in [2.45, 2.75) is 0 Å². The molecule has 3 aromatic rings. The lowest BCUT2D eigenvalue weighted by Gasteiger charge is -2.06. The second-order valence-corrected chi connectivity index (χ2v) is 4.26. The van der Waals surface area contributed by atoms with Crippen molar-refractivity contribution in [1.29, 1.82) is 0 Å². The summed E-state index contributed by atoms with van der Waals surface area (Å²) in [5.74, 6) is 0.528. The smallest absolute Gasteiger partial charge is 0.262 e. The molecular formula is C14H12N6O2. The number of ether oxygens (including phenoxy) is 1. The summed E-state index contributed by atoms with van der Waals surface area (Å²) >= 11 is 0. The van der Waals surface area contributed by atoms with Gasteiger partial charge in [-0.25, -0.2) is 4.68 Å². The summed E-state index contributed by atoms with van der Waals surface area (Å²) in [4.78, 5) is 15.6. The van der Waals surface area contributed by atoms with Crippen molar-refractivity contribution >= 4 is 11.6 Å². The molecule has 1 N–H and O–H groups in total. The minimum absolute atomic E-state index is 0.162. The van der Waals surface area contributed by atoms with Gasteiger partial charge in [0, 0.05) is 24.7 Å². The van der Waals surface area contributed by atoms with Crippen molar-refractivity contribution in [3.63, 3.8) is 0 Å². The summed E-state index contributed by atoms with van der Waals surface area (Å²) in [6, 6.07) is 8.59. The summed E-state index contributed by atoms with van der Waals surface area (Å²) in [6.45, 7) is -0.162. The topological polar surface area (TPSA) is 94.8 Å². The van der Waals surface area contributed by atoms with Gasteiger partial charge in [-0.2, -0.15) is 5.10 Å². The predicted molar refractivity (Wildman–Crippen MR) is 77.5 cm³/mol. The van der Waals surface area contributed by atoms with Gasteiger partial charge in [-0.1, -0.05) is 0 Å². The molecular weight excluding hydrogens is 284 g/mol. The molecule has 0 saturated heterocycles. The van der Waals surface area contributed by atoms with Crippen LogP contribution in [0.4, 0.5) is 5.69 Å². The Labute approximate surface area is 125 Å². The number of carbonyl (C=O) groups is 1. The highest BCUT2D eigenvalue weighted by Gasteiger charge is 2.05. The van der Waals surface area contributed by atoms with Crippen LogP contribution in [-0.4, -0.2) is 37.5 Å². The molecule has 8 nitrogen and oxygen atoms in total. The number of hydrogen-bond donors (Lipinski definition) is 1. The van der Waals surface area contributed by atoms with Crippen LogP contribution in [-0.2, 0) is 4.79 Å². The van der Waals surface area contributed by atoms with Crippen LogP contribution in [0.2, 0.25) is 0 Å². The van der Waals surface area contributed by atoms with E-state index in [4.69, 9.17) is 4.74 Å². The van der Waals surface area contributed by atoms with Crippen molar-refractivity contribution in [1.82, 2.24) is 25.0 Å². The predicted octanol–water partition coefficient (Wildman–Crippen LogP) is 1.07. The first-order chi connectivity index (χ1) is 10.8. The monoisotopic (exact) mass is 296 g/mol. The highest BCUT2D eigenvalue weighted by Crippen LogP contribution is 2.08. The minimum Gasteiger partial charge on any atom is -0.466 e. The Balaban J connectivity index is 1.54. The second-order valence-electron chi connectivity index (χ2n) is 4.26. The van der Waals surface area contributed by atoms with Gasteiger partial charge < -0.3 is 10.1 Å². The van der Waals surface area contributed by atoms with Crippen LogP contribution in [0.1, 0.15) is 0 Å². The van der Waals surface area contributed by atoms with Crippen LogP contribution in [0, 0.1) is 0 Å². The van der Waals surface area contributed by atoms with Crippen molar-refractivity contribution in [2.24, 2.45) is 0 Å². The first-order valence-electron chi connectivity index (χ1n) is 6.48. The Hall–Kier alpha value is -3.29. The molecule has 0 fully saturated rings. The van der Waals surface area contributed by atoms with E-state index in [1.165, 1.54) is 0 Å². The van der Waals surface area contributed by atoms with Gasteiger partial charge in [0.15, 0.2) is 12.4 Å². The van der Waals surface area contributed by atoms with Gasteiger partial charge in [0.1, 0.15) is 0 Å². The standard InChI is InChI=1S/C14H12N6O2/c21-13(17-11-3-1-6-15-9-11)10-22-14-5-4-12(18-19-14)20-8-2-7-16-20/h1-9H,10H2,(H,17,21). The third kappa shape index (κ3) is 3.42. The molecule has 0 aliphatic rings. The van der Waals surface area contributed by atoms with Crippen molar-refractivity contribution < 1.29 is 9.53 Å². The summed E-state index contributed by atoms with van der Waals surface area (Å²) in [5.41, 5.74) is 0.608. The number of nitrogens with zero attached hydrogens (tertiary/aromatic N) is 5. The molecule has 0 aliphatic heterocycles. The van der Waals surface area contributed by atoms with E-state index in [-0.39, 0.29) is 18.4 Å². The number of pyridine rings is 1. The average Bonchev–Trinajstić information content (AvgIpc) is 3.09. The van der Waals surface area contributed by atoms with Gasteiger partial charge in [-0.3, -0.25) is 9.78 Å². The molecule has 1 amide bonds. The van der Waals surface area contributed by atoms with Gasteiger partial charge in [0.05, 0.1) is 11.9 Å². The lowest BCUT2D eigenvalue weighted by Crippen LogP contribution is -2.20. The van der Waals surface area contributed by atoms with Crippen LogP contribution in [0.5, 0.6) is 5.88 Å². The SMILES string of the molecule is O=C(COc1ccc(-n2cccn2)nn1)Nc1cccnc1. The van der Waals surface area contributed by atoms with E-state index in [0.717, 1.165) is 0 Å². The quantitative estimate of drug-likeness (QED) is 0.757. The highest BCUT2D eigenvalue weighted by atomic mass is 16.5. The molecule has 8 heteroatoms. The third-order valence-electron chi connectivity index (χ3n) is 2.66. The summed E-state index contributed by atoms with van der Waals surface area (Å²) < 4.78 is 6.85. The third-order valence-corrected chi connectivity index (χ3v) is 2.66. The van der Waals surface area contributed by atoms with E-state index in [9.17, 15) is 4.79 Å². The number of anilines is 1. The molecule has 0 saturated carbocycles. The van der Waals surface area contributed by atoms with E-state index in [0.29, 0.717) is 11.5 Å². The molecule has 110 valence electrons. The molecule has 0 radical (unpaired) electrons. The lowest BCUT2D eigenvalue weighted by atomic mass is 10.4. The molecule has 22 heavy (non-hydrogen) atoms. The Kier molecular flexibility index (Phi) is 4.01. The van der Waals surface area contributed by atoms with E-state index in [1.807, 2.05) is 0 Å². The van der Waals surface area contributed by atoms with Crippen LogP contribution >= 0.6 is 0 Å². The second kappa shape index (κ2) is 6.44. The first-order valence-corrected chi connectivity index (χ1v) is 6.48. The number of rotatable bonds is 5. The summed E-state index contributed by atoms with van der Waals surface area (Å²) in [5, 5.41) is 14.6. The molecule has 0 aromatic carbocycles. The largest absolute Gasteiger partial charge is 0.466 e.